The molecule has 2 amide bonds. The molecule has 1 aliphatic rings. The highest BCUT2D eigenvalue weighted by molar-refractivity contribution is 5.95. The van der Waals surface area contributed by atoms with E-state index < -0.39 is 0 Å². The van der Waals surface area contributed by atoms with Gasteiger partial charge >= 0.3 is 0 Å². The van der Waals surface area contributed by atoms with Gasteiger partial charge in [-0.25, -0.2) is 0 Å². The van der Waals surface area contributed by atoms with Crippen LogP contribution in [0.4, 0.5) is 5.69 Å². The fourth-order valence-corrected chi connectivity index (χ4v) is 3.24. The summed E-state index contributed by atoms with van der Waals surface area (Å²) < 4.78 is 0. The first-order valence-corrected chi connectivity index (χ1v) is 8.35. The number of benzene rings is 2. The third-order valence-corrected chi connectivity index (χ3v) is 4.43. The van der Waals surface area contributed by atoms with E-state index in [-0.39, 0.29) is 11.8 Å². The molecule has 3 rings (SSSR count). The molecule has 124 valence electrons. The first-order chi connectivity index (χ1) is 11.6. The van der Waals surface area contributed by atoms with Crippen molar-refractivity contribution in [2.45, 2.75) is 25.7 Å². The Hall–Kier alpha value is -2.62. The van der Waals surface area contributed by atoms with Crippen molar-refractivity contribution < 1.29 is 9.59 Å². The molecule has 0 saturated carbocycles. The standard InChI is InChI=1S/C20H22N2O2/c1-15(23)21-19-11-9-17(10-12-19)20(24)22-13-5-8-18(14-22)16-6-3-2-4-7-16/h2-4,6-7,9-12,18H,5,8,13-14H2,1H3,(H,21,23). The van der Waals surface area contributed by atoms with Crippen LogP contribution in [0.5, 0.6) is 0 Å². The van der Waals surface area contributed by atoms with Crippen LogP contribution in [-0.2, 0) is 4.79 Å². The molecule has 24 heavy (non-hydrogen) atoms. The number of carbonyl (C=O) groups is 2. The second kappa shape index (κ2) is 7.30. The maximum absolute atomic E-state index is 12.7. The summed E-state index contributed by atoms with van der Waals surface area (Å²) in [5.74, 6) is 0.350. The van der Waals surface area contributed by atoms with Crippen molar-refractivity contribution >= 4 is 17.5 Å². The fraction of sp³-hybridized carbons (Fsp3) is 0.300. The number of likely N-dealkylation sites (tertiary alicyclic amines) is 1. The Morgan fingerprint density at radius 3 is 2.42 bits per heavy atom. The molecule has 1 saturated heterocycles. The van der Waals surface area contributed by atoms with E-state index in [1.54, 1.807) is 24.3 Å². The third-order valence-electron chi connectivity index (χ3n) is 4.43. The van der Waals surface area contributed by atoms with Gasteiger partial charge in [0.25, 0.3) is 5.91 Å². The van der Waals surface area contributed by atoms with Gasteiger partial charge in [0.1, 0.15) is 0 Å². The first kappa shape index (κ1) is 16.2. The van der Waals surface area contributed by atoms with Gasteiger partial charge in [-0.15, -0.1) is 0 Å². The lowest BCUT2D eigenvalue weighted by atomic mass is 9.90. The van der Waals surface area contributed by atoms with Crippen LogP contribution in [0.25, 0.3) is 0 Å². The second-order valence-corrected chi connectivity index (χ2v) is 6.26. The molecule has 1 unspecified atom stereocenters. The van der Waals surface area contributed by atoms with E-state index in [2.05, 4.69) is 29.6 Å². The van der Waals surface area contributed by atoms with E-state index in [1.165, 1.54) is 12.5 Å². The topological polar surface area (TPSA) is 49.4 Å². The highest BCUT2D eigenvalue weighted by Crippen LogP contribution is 2.27. The van der Waals surface area contributed by atoms with Crippen molar-refractivity contribution in [2.75, 3.05) is 18.4 Å². The summed E-state index contributed by atoms with van der Waals surface area (Å²) in [6.45, 7) is 3.03. The van der Waals surface area contributed by atoms with Gasteiger partial charge in [-0.2, -0.15) is 0 Å². The molecule has 2 aromatic carbocycles. The van der Waals surface area contributed by atoms with Crippen LogP contribution < -0.4 is 5.32 Å². The zero-order valence-electron chi connectivity index (χ0n) is 13.9. The molecule has 0 radical (unpaired) electrons. The van der Waals surface area contributed by atoms with Gasteiger partial charge in [-0.05, 0) is 42.7 Å². The van der Waals surface area contributed by atoms with Gasteiger partial charge in [0.05, 0.1) is 0 Å². The van der Waals surface area contributed by atoms with Crippen LogP contribution in [0.1, 0.15) is 41.6 Å². The molecule has 0 bridgehead atoms. The Morgan fingerprint density at radius 2 is 1.75 bits per heavy atom. The summed E-state index contributed by atoms with van der Waals surface area (Å²) in [6, 6.07) is 17.5. The number of hydrogen-bond acceptors (Lipinski definition) is 2. The van der Waals surface area contributed by atoms with Gasteiger partial charge < -0.3 is 10.2 Å². The van der Waals surface area contributed by atoms with Crippen LogP contribution >= 0.6 is 0 Å². The predicted octanol–water partition coefficient (Wildman–Crippen LogP) is 3.66. The fourth-order valence-electron chi connectivity index (χ4n) is 3.24. The van der Waals surface area contributed by atoms with E-state index in [1.807, 2.05) is 11.0 Å². The monoisotopic (exact) mass is 322 g/mol. The molecular formula is C20H22N2O2. The number of anilines is 1. The third kappa shape index (κ3) is 3.82. The van der Waals surface area contributed by atoms with Gasteiger partial charge in [0.15, 0.2) is 0 Å². The Kier molecular flexibility index (Phi) is 4.94. The predicted molar refractivity (Wildman–Crippen MR) is 95.1 cm³/mol. The highest BCUT2D eigenvalue weighted by Gasteiger charge is 2.25. The first-order valence-electron chi connectivity index (χ1n) is 8.35. The van der Waals surface area contributed by atoms with Crippen LogP contribution in [0, 0.1) is 0 Å². The molecule has 4 nitrogen and oxygen atoms in total. The summed E-state index contributed by atoms with van der Waals surface area (Å²) >= 11 is 0. The SMILES string of the molecule is CC(=O)Nc1ccc(C(=O)N2CCCC(c3ccccc3)C2)cc1. The summed E-state index contributed by atoms with van der Waals surface area (Å²) in [4.78, 5) is 25.8. The van der Waals surface area contributed by atoms with Crippen LogP contribution in [-0.4, -0.2) is 29.8 Å². The maximum atomic E-state index is 12.7. The van der Waals surface area contributed by atoms with Crippen LogP contribution in [0.3, 0.4) is 0 Å². The molecule has 1 atom stereocenters. The average molecular weight is 322 g/mol. The number of hydrogen-bond donors (Lipinski definition) is 1. The van der Waals surface area contributed by atoms with Gasteiger partial charge in [-0.1, -0.05) is 30.3 Å². The highest BCUT2D eigenvalue weighted by atomic mass is 16.2. The van der Waals surface area contributed by atoms with Crippen molar-refractivity contribution in [1.82, 2.24) is 4.90 Å². The average Bonchev–Trinajstić information content (AvgIpc) is 2.62. The van der Waals surface area contributed by atoms with E-state index in [4.69, 9.17) is 0 Å². The zero-order valence-corrected chi connectivity index (χ0v) is 13.9. The molecule has 2 aromatic rings. The molecular weight excluding hydrogens is 300 g/mol. The largest absolute Gasteiger partial charge is 0.338 e. The van der Waals surface area contributed by atoms with E-state index in [9.17, 15) is 9.59 Å². The second-order valence-electron chi connectivity index (χ2n) is 6.26. The van der Waals surface area contributed by atoms with Crippen molar-refractivity contribution in [1.29, 1.82) is 0 Å². The van der Waals surface area contributed by atoms with Gasteiger partial charge in [-0.3, -0.25) is 9.59 Å². The number of amides is 2. The number of nitrogens with zero attached hydrogens (tertiary/aromatic N) is 1. The number of rotatable bonds is 3. The number of carbonyl (C=O) groups excluding carboxylic acids is 2. The minimum absolute atomic E-state index is 0.0602. The van der Waals surface area contributed by atoms with Crippen molar-refractivity contribution in [3.63, 3.8) is 0 Å². The van der Waals surface area contributed by atoms with Crippen molar-refractivity contribution in [3.8, 4) is 0 Å². The molecule has 0 aliphatic carbocycles. The molecule has 1 fully saturated rings. The minimum Gasteiger partial charge on any atom is -0.338 e. The van der Waals surface area contributed by atoms with Crippen LogP contribution in [0.15, 0.2) is 54.6 Å². The summed E-state index contributed by atoms with van der Waals surface area (Å²) in [5, 5.41) is 2.72. The number of piperidine rings is 1. The summed E-state index contributed by atoms with van der Waals surface area (Å²) in [5.41, 5.74) is 2.67. The lowest BCUT2D eigenvalue weighted by molar-refractivity contribution is -0.114. The van der Waals surface area contributed by atoms with Crippen molar-refractivity contribution in [2.24, 2.45) is 0 Å². The Bertz CT molecular complexity index is 710. The van der Waals surface area contributed by atoms with E-state index in [0.29, 0.717) is 17.2 Å². The minimum atomic E-state index is -0.115. The molecule has 1 heterocycles. The summed E-state index contributed by atoms with van der Waals surface area (Å²) in [6.07, 6.45) is 2.14. The normalized spacial score (nSPS) is 17.4. The van der Waals surface area contributed by atoms with E-state index >= 15 is 0 Å². The molecule has 1 N–H and O–H groups in total. The van der Waals surface area contributed by atoms with E-state index in [0.717, 1.165) is 25.9 Å². The maximum Gasteiger partial charge on any atom is 0.253 e. The molecule has 4 heteroatoms. The lowest BCUT2D eigenvalue weighted by Gasteiger charge is -2.33. The summed E-state index contributed by atoms with van der Waals surface area (Å²) in [7, 11) is 0. The zero-order chi connectivity index (χ0) is 16.9. The number of nitrogens with one attached hydrogen (secondary N) is 1. The van der Waals surface area contributed by atoms with Crippen LogP contribution in [0.2, 0.25) is 0 Å². The van der Waals surface area contributed by atoms with Gasteiger partial charge in [0.2, 0.25) is 5.91 Å². The Labute approximate surface area is 142 Å². The van der Waals surface area contributed by atoms with Crippen molar-refractivity contribution in [3.05, 3.63) is 65.7 Å². The quantitative estimate of drug-likeness (QED) is 0.937. The Morgan fingerprint density at radius 1 is 1.04 bits per heavy atom. The Balaban J connectivity index is 1.69. The molecule has 1 aliphatic heterocycles. The molecule has 0 spiro atoms. The lowest BCUT2D eigenvalue weighted by Crippen LogP contribution is -2.39. The van der Waals surface area contributed by atoms with Gasteiger partial charge in [0, 0.05) is 37.2 Å². The molecule has 0 aromatic heterocycles. The smallest absolute Gasteiger partial charge is 0.253 e.